The van der Waals surface area contributed by atoms with Gasteiger partial charge in [0.1, 0.15) is 5.75 Å². The van der Waals surface area contributed by atoms with Gasteiger partial charge in [0.2, 0.25) is 15.9 Å². The largest absolute Gasteiger partial charge is 0.497 e. The molecule has 1 amide bonds. The Kier molecular flexibility index (Phi) is 7.43. The zero-order chi connectivity index (χ0) is 21.6. The zero-order valence-corrected chi connectivity index (χ0v) is 17.9. The monoisotopic (exact) mass is 433 g/mol. The van der Waals surface area contributed by atoms with Crippen molar-refractivity contribution in [2.75, 3.05) is 45.3 Å². The highest BCUT2D eigenvalue weighted by molar-refractivity contribution is 7.89. The van der Waals surface area contributed by atoms with Crippen LogP contribution < -0.4 is 14.8 Å². The second-order valence-electron chi connectivity index (χ2n) is 6.99. The van der Waals surface area contributed by atoms with E-state index in [9.17, 15) is 13.2 Å². The molecule has 0 aromatic heterocycles. The summed E-state index contributed by atoms with van der Waals surface area (Å²) in [5, 5.41) is 2.62. The summed E-state index contributed by atoms with van der Waals surface area (Å²) >= 11 is 0. The lowest BCUT2D eigenvalue weighted by molar-refractivity contribution is -0.114. The minimum absolute atomic E-state index is 0.131. The van der Waals surface area contributed by atoms with Gasteiger partial charge in [-0.25, -0.2) is 13.1 Å². The van der Waals surface area contributed by atoms with Crippen molar-refractivity contribution in [2.45, 2.75) is 17.9 Å². The van der Waals surface area contributed by atoms with Crippen LogP contribution in [0.5, 0.6) is 5.75 Å². The number of carbonyl (C=O) groups excluding carboxylic acids is 1. The number of nitrogens with one attached hydrogen (secondary N) is 2. The lowest BCUT2D eigenvalue weighted by Crippen LogP contribution is -2.43. The molecule has 1 saturated heterocycles. The van der Waals surface area contributed by atoms with Crippen LogP contribution in [0.25, 0.3) is 0 Å². The van der Waals surface area contributed by atoms with E-state index < -0.39 is 10.0 Å². The summed E-state index contributed by atoms with van der Waals surface area (Å²) in [5.74, 6) is 0.538. The van der Waals surface area contributed by atoms with E-state index in [2.05, 4.69) is 14.9 Å². The topological polar surface area (TPSA) is 97.0 Å². The molecule has 1 atom stereocenters. The van der Waals surface area contributed by atoms with E-state index >= 15 is 0 Å². The molecule has 0 radical (unpaired) electrons. The van der Waals surface area contributed by atoms with Gasteiger partial charge in [-0.1, -0.05) is 12.1 Å². The van der Waals surface area contributed by atoms with E-state index in [1.807, 2.05) is 24.3 Å². The summed E-state index contributed by atoms with van der Waals surface area (Å²) in [4.78, 5) is 13.5. The molecule has 1 fully saturated rings. The van der Waals surface area contributed by atoms with Crippen molar-refractivity contribution < 1.29 is 22.7 Å². The first kappa shape index (κ1) is 22.2. The van der Waals surface area contributed by atoms with E-state index in [1.54, 1.807) is 19.2 Å². The minimum Gasteiger partial charge on any atom is -0.497 e. The molecule has 0 saturated carbocycles. The van der Waals surface area contributed by atoms with Crippen molar-refractivity contribution in [2.24, 2.45) is 0 Å². The highest BCUT2D eigenvalue weighted by Gasteiger charge is 2.25. The van der Waals surface area contributed by atoms with Gasteiger partial charge in [0, 0.05) is 38.3 Å². The quantitative estimate of drug-likeness (QED) is 0.661. The maximum Gasteiger partial charge on any atom is 0.240 e. The number of amides is 1. The van der Waals surface area contributed by atoms with Crippen LogP contribution in [-0.4, -0.2) is 59.2 Å². The van der Waals surface area contributed by atoms with Gasteiger partial charge in [-0.05, 0) is 42.0 Å². The summed E-state index contributed by atoms with van der Waals surface area (Å²) in [6, 6.07) is 13.6. The fraction of sp³-hybridized carbons (Fsp3) is 0.381. The first-order chi connectivity index (χ1) is 14.4. The minimum atomic E-state index is -3.71. The highest BCUT2D eigenvalue weighted by Crippen LogP contribution is 2.24. The van der Waals surface area contributed by atoms with Gasteiger partial charge >= 0.3 is 0 Å². The van der Waals surface area contributed by atoms with Crippen LogP contribution in [0.1, 0.15) is 18.5 Å². The number of carbonyl (C=O) groups is 1. The molecular formula is C21H27N3O5S. The van der Waals surface area contributed by atoms with Gasteiger partial charge in [-0.3, -0.25) is 9.69 Å². The third-order valence-electron chi connectivity index (χ3n) is 4.94. The Morgan fingerprint density at radius 2 is 1.73 bits per heavy atom. The van der Waals surface area contributed by atoms with E-state index in [0.717, 1.165) is 24.4 Å². The van der Waals surface area contributed by atoms with E-state index in [4.69, 9.17) is 9.47 Å². The number of anilines is 1. The summed E-state index contributed by atoms with van der Waals surface area (Å²) in [5.41, 5.74) is 1.55. The standard InChI is InChI=1S/C21H27N3O5S/c1-16(25)23-18-5-9-20(10-6-18)30(26,27)22-15-21(24-11-13-29-14-12-24)17-3-7-19(28-2)8-4-17/h3-10,21-22H,11-15H2,1-2H3,(H,23,25). The summed E-state index contributed by atoms with van der Waals surface area (Å²) in [6.07, 6.45) is 0. The maximum absolute atomic E-state index is 12.8. The predicted octanol–water partition coefficient (Wildman–Crippen LogP) is 2.01. The van der Waals surface area contributed by atoms with Crippen LogP contribution in [0.2, 0.25) is 0 Å². The third kappa shape index (κ3) is 5.79. The predicted molar refractivity (Wildman–Crippen MR) is 114 cm³/mol. The smallest absolute Gasteiger partial charge is 0.240 e. The second-order valence-corrected chi connectivity index (χ2v) is 8.76. The number of nitrogens with zero attached hydrogens (tertiary/aromatic N) is 1. The zero-order valence-electron chi connectivity index (χ0n) is 17.1. The molecule has 1 aliphatic heterocycles. The van der Waals surface area contributed by atoms with Gasteiger partial charge in [0.25, 0.3) is 0 Å². The Morgan fingerprint density at radius 1 is 1.10 bits per heavy atom. The van der Waals surface area contributed by atoms with Crippen LogP contribution in [0.15, 0.2) is 53.4 Å². The summed E-state index contributed by atoms with van der Waals surface area (Å²) in [6.45, 7) is 4.31. The van der Waals surface area contributed by atoms with Crippen LogP contribution in [0, 0.1) is 0 Å². The van der Waals surface area contributed by atoms with Gasteiger partial charge in [0.15, 0.2) is 0 Å². The van der Waals surface area contributed by atoms with E-state index in [1.165, 1.54) is 19.1 Å². The fourth-order valence-electron chi connectivity index (χ4n) is 3.37. The van der Waals surface area contributed by atoms with E-state index in [-0.39, 0.29) is 23.4 Å². The van der Waals surface area contributed by atoms with Gasteiger partial charge in [0.05, 0.1) is 25.2 Å². The van der Waals surface area contributed by atoms with Crippen LogP contribution >= 0.6 is 0 Å². The number of methoxy groups -OCH3 is 1. The molecule has 1 heterocycles. The molecule has 1 unspecified atom stereocenters. The summed E-state index contributed by atoms with van der Waals surface area (Å²) < 4.78 is 39.1. The molecule has 3 rings (SSSR count). The molecule has 2 aromatic rings. The number of benzene rings is 2. The average Bonchev–Trinajstić information content (AvgIpc) is 2.75. The number of morpholine rings is 1. The van der Waals surface area contributed by atoms with Crippen LogP contribution in [0.4, 0.5) is 5.69 Å². The number of sulfonamides is 1. The molecule has 2 aromatic carbocycles. The van der Waals surface area contributed by atoms with Crippen LogP contribution in [-0.2, 0) is 19.6 Å². The average molecular weight is 434 g/mol. The Hall–Kier alpha value is -2.46. The molecule has 8 nitrogen and oxygen atoms in total. The highest BCUT2D eigenvalue weighted by atomic mass is 32.2. The van der Waals surface area contributed by atoms with Gasteiger partial charge in [-0.15, -0.1) is 0 Å². The van der Waals surface area contributed by atoms with Crippen molar-refractivity contribution in [3.63, 3.8) is 0 Å². The Balaban J connectivity index is 1.75. The molecule has 30 heavy (non-hydrogen) atoms. The SMILES string of the molecule is COc1ccc(C(CNS(=O)(=O)c2ccc(NC(C)=O)cc2)N2CCOCC2)cc1. The normalized spacial score (nSPS) is 16.1. The first-order valence-electron chi connectivity index (χ1n) is 9.72. The van der Waals surface area contributed by atoms with Crippen molar-refractivity contribution in [3.8, 4) is 5.75 Å². The molecular weight excluding hydrogens is 406 g/mol. The molecule has 9 heteroatoms. The molecule has 162 valence electrons. The molecule has 0 aliphatic carbocycles. The maximum atomic E-state index is 12.8. The van der Waals surface area contributed by atoms with Gasteiger partial charge < -0.3 is 14.8 Å². The Morgan fingerprint density at radius 3 is 2.30 bits per heavy atom. The van der Waals surface area contributed by atoms with Crippen molar-refractivity contribution in [3.05, 3.63) is 54.1 Å². The Labute approximate surface area is 177 Å². The molecule has 2 N–H and O–H groups in total. The molecule has 0 spiro atoms. The second kappa shape index (κ2) is 10.0. The lowest BCUT2D eigenvalue weighted by Gasteiger charge is -2.35. The fourth-order valence-corrected chi connectivity index (χ4v) is 4.40. The Bertz CT molecular complexity index is 940. The lowest BCUT2D eigenvalue weighted by atomic mass is 10.0. The molecule has 1 aliphatic rings. The summed E-state index contributed by atoms with van der Waals surface area (Å²) in [7, 11) is -2.09. The number of hydrogen-bond donors (Lipinski definition) is 2. The van der Waals surface area contributed by atoms with Crippen molar-refractivity contribution in [1.82, 2.24) is 9.62 Å². The van der Waals surface area contributed by atoms with Crippen LogP contribution in [0.3, 0.4) is 0 Å². The third-order valence-corrected chi connectivity index (χ3v) is 6.38. The number of ether oxygens (including phenoxy) is 2. The van der Waals surface area contributed by atoms with E-state index in [0.29, 0.717) is 18.9 Å². The number of rotatable bonds is 8. The molecule has 0 bridgehead atoms. The van der Waals surface area contributed by atoms with Gasteiger partial charge in [-0.2, -0.15) is 0 Å². The first-order valence-corrected chi connectivity index (χ1v) is 11.2. The van der Waals surface area contributed by atoms with Crippen molar-refractivity contribution >= 4 is 21.6 Å². The van der Waals surface area contributed by atoms with Crippen molar-refractivity contribution in [1.29, 1.82) is 0 Å². The number of hydrogen-bond acceptors (Lipinski definition) is 6.